The Bertz CT molecular complexity index is 802. The van der Waals surface area contributed by atoms with E-state index in [4.69, 9.17) is 0 Å². The monoisotopic (exact) mass is 415 g/mol. The Morgan fingerprint density at radius 3 is 2.56 bits per heavy atom. The molecule has 0 unspecified atom stereocenters. The Morgan fingerprint density at radius 2 is 1.88 bits per heavy atom. The summed E-state index contributed by atoms with van der Waals surface area (Å²) in [4.78, 5) is 13.0. The average Bonchev–Trinajstić information content (AvgIpc) is 3.16. The maximum Gasteiger partial charge on any atom is 0.230 e. The Morgan fingerprint density at radius 1 is 1.12 bits per heavy atom. The van der Waals surface area contributed by atoms with Crippen molar-refractivity contribution in [3.8, 4) is 5.69 Å². The van der Waals surface area contributed by atoms with Gasteiger partial charge in [0.1, 0.15) is 0 Å². The van der Waals surface area contributed by atoms with Crippen LogP contribution in [0.4, 0.5) is 0 Å². The zero-order valence-corrected chi connectivity index (χ0v) is 16.0. The van der Waals surface area contributed by atoms with Gasteiger partial charge in [-0.2, -0.15) is 5.10 Å². The van der Waals surface area contributed by atoms with Gasteiger partial charge < -0.3 is 5.32 Å². The number of amides is 1. The third kappa shape index (κ3) is 5.47. The highest BCUT2D eigenvalue weighted by Crippen LogP contribution is 2.20. The third-order valence-electron chi connectivity index (χ3n) is 3.62. The second kappa shape index (κ2) is 8.87. The number of hydrogen-bond acceptors (Lipinski definition) is 3. The summed E-state index contributed by atoms with van der Waals surface area (Å²) >= 11 is 4.95. The van der Waals surface area contributed by atoms with Gasteiger partial charge >= 0.3 is 0 Å². The third-order valence-corrected chi connectivity index (χ3v) is 5.17. The van der Waals surface area contributed by atoms with Crippen molar-refractivity contribution in [2.45, 2.75) is 11.3 Å². The van der Waals surface area contributed by atoms with Gasteiger partial charge in [-0.3, -0.25) is 4.79 Å². The Hall–Kier alpha value is -2.05. The van der Waals surface area contributed by atoms with E-state index in [0.717, 1.165) is 21.5 Å². The first kappa shape index (κ1) is 17.8. The number of hydrogen-bond donors (Lipinski definition) is 1. The zero-order chi connectivity index (χ0) is 17.5. The van der Waals surface area contributed by atoms with E-state index in [0.29, 0.717) is 12.3 Å². The van der Waals surface area contributed by atoms with Crippen LogP contribution < -0.4 is 5.32 Å². The van der Waals surface area contributed by atoms with Crippen LogP contribution in [0.1, 0.15) is 5.56 Å². The van der Waals surface area contributed by atoms with Crippen LogP contribution in [0, 0.1) is 0 Å². The first-order valence-corrected chi connectivity index (χ1v) is 9.72. The number of thioether (sulfide) groups is 1. The summed E-state index contributed by atoms with van der Waals surface area (Å²) in [5.41, 5.74) is 2.22. The quantitative estimate of drug-likeness (QED) is 0.591. The van der Waals surface area contributed by atoms with Crippen LogP contribution in [-0.2, 0) is 11.2 Å². The van der Waals surface area contributed by atoms with Crippen LogP contribution >= 0.6 is 27.7 Å². The summed E-state index contributed by atoms with van der Waals surface area (Å²) in [7, 11) is 0. The number of carbonyl (C=O) groups excluding carboxylic acids is 1. The molecule has 6 heteroatoms. The predicted molar refractivity (Wildman–Crippen MR) is 105 cm³/mol. The molecule has 1 N–H and O–H groups in total. The molecule has 1 amide bonds. The van der Waals surface area contributed by atoms with Gasteiger partial charge in [0.15, 0.2) is 0 Å². The molecular weight excluding hydrogens is 398 g/mol. The average molecular weight is 416 g/mol. The standard InChI is InChI=1S/C19H18BrN3OS/c20-16-4-8-18(9-5-16)25-14-19(24)21-12-10-15-2-6-17(7-3-15)23-13-1-11-22-23/h1-9,11,13H,10,12,14H2,(H,21,24). The minimum atomic E-state index is 0.0566. The van der Waals surface area contributed by atoms with Gasteiger partial charge in [0.05, 0.1) is 11.4 Å². The van der Waals surface area contributed by atoms with E-state index in [-0.39, 0.29) is 5.91 Å². The van der Waals surface area contributed by atoms with Crippen molar-refractivity contribution in [3.63, 3.8) is 0 Å². The summed E-state index contributed by atoms with van der Waals surface area (Å²) in [5, 5.41) is 7.17. The van der Waals surface area contributed by atoms with Crippen LogP contribution in [0.25, 0.3) is 5.69 Å². The number of halogens is 1. The summed E-state index contributed by atoms with van der Waals surface area (Å²) in [6, 6.07) is 18.1. The molecule has 0 aliphatic carbocycles. The molecule has 0 fully saturated rings. The molecule has 0 spiro atoms. The van der Waals surface area contributed by atoms with Crippen molar-refractivity contribution >= 4 is 33.6 Å². The maximum atomic E-state index is 11.9. The van der Waals surface area contributed by atoms with Crippen molar-refractivity contribution in [2.75, 3.05) is 12.3 Å². The van der Waals surface area contributed by atoms with Gasteiger partial charge in [0.25, 0.3) is 0 Å². The van der Waals surface area contributed by atoms with Crippen LogP contribution in [-0.4, -0.2) is 28.0 Å². The fraction of sp³-hybridized carbons (Fsp3) is 0.158. The molecule has 0 atom stereocenters. The minimum Gasteiger partial charge on any atom is -0.355 e. The Kier molecular flexibility index (Phi) is 6.30. The van der Waals surface area contributed by atoms with Crippen LogP contribution in [0.5, 0.6) is 0 Å². The first-order valence-electron chi connectivity index (χ1n) is 7.95. The highest BCUT2D eigenvalue weighted by Gasteiger charge is 2.03. The number of carbonyl (C=O) groups is 1. The number of benzene rings is 2. The van der Waals surface area contributed by atoms with Crippen molar-refractivity contribution in [3.05, 3.63) is 77.0 Å². The van der Waals surface area contributed by atoms with Crippen LogP contribution in [0.3, 0.4) is 0 Å². The lowest BCUT2D eigenvalue weighted by molar-refractivity contribution is -0.118. The van der Waals surface area contributed by atoms with Gasteiger partial charge in [0, 0.05) is 28.3 Å². The van der Waals surface area contributed by atoms with Crippen LogP contribution in [0.2, 0.25) is 0 Å². The molecule has 128 valence electrons. The molecule has 2 aromatic carbocycles. The Balaban J connectivity index is 1.40. The fourth-order valence-electron chi connectivity index (χ4n) is 2.31. The normalized spacial score (nSPS) is 10.6. The summed E-state index contributed by atoms with van der Waals surface area (Å²) in [5.74, 6) is 0.487. The highest BCUT2D eigenvalue weighted by atomic mass is 79.9. The largest absolute Gasteiger partial charge is 0.355 e. The van der Waals surface area contributed by atoms with E-state index < -0.39 is 0 Å². The van der Waals surface area contributed by atoms with E-state index >= 15 is 0 Å². The number of nitrogens with one attached hydrogen (secondary N) is 1. The number of nitrogens with zero attached hydrogens (tertiary/aromatic N) is 2. The lowest BCUT2D eigenvalue weighted by Crippen LogP contribution is -2.27. The molecule has 0 radical (unpaired) electrons. The Labute approximate surface area is 159 Å². The molecule has 25 heavy (non-hydrogen) atoms. The second-order valence-electron chi connectivity index (χ2n) is 5.46. The molecule has 0 saturated heterocycles. The fourth-order valence-corrected chi connectivity index (χ4v) is 3.31. The summed E-state index contributed by atoms with van der Waals surface area (Å²) in [6.45, 7) is 0.640. The lowest BCUT2D eigenvalue weighted by atomic mass is 10.1. The lowest BCUT2D eigenvalue weighted by Gasteiger charge is -2.07. The molecule has 1 aromatic heterocycles. The molecule has 0 bridgehead atoms. The number of rotatable bonds is 7. The van der Waals surface area contributed by atoms with Crippen molar-refractivity contribution in [1.29, 1.82) is 0 Å². The molecule has 1 heterocycles. The smallest absolute Gasteiger partial charge is 0.230 e. The van der Waals surface area contributed by atoms with E-state index in [1.54, 1.807) is 18.0 Å². The van der Waals surface area contributed by atoms with Crippen LogP contribution in [0.15, 0.2) is 76.4 Å². The predicted octanol–water partition coefficient (Wildman–Crippen LogP) is 4.09. The molecule has 0 saturated carbocycles. The molecule has 0 aliphatic heterocycles. The summed E-state index contributed by atoms with van der Waals surface area (Å²) in [6.07, 6.45) is 4.49. The van der Waals surface area contributed by atoms with E-state index in [2.05, 4.69) is 38.5 Å². The van der Waals surface area contributed by atoms with Gasteiger partial charge in [-0.05, 0) is 54.4 Å². The molecule has 4 nitrogen and oxygen atoms in total. The van der Waals surface area contributed by atoms with E-state index in [1.807, 2.05) is 53.3 Å². The van der Waals surface area contributed by atoms with Crippen molar-refractivity contribution in [2.24, 2.45) is 0 Å². The van der Waals surface area contributed by atoms with Crippen molar-refractivity contribution in [1.82, 2.24) is 15.1 Å². The van der Waals surface area contributed by atoms with Gasteiger partial charge in [0.2, 0.25) is 5.91 Å². The SMILES string of the molecule is O=C(CSc1ccc(Br)cc1)NCCc1ccc(-n2cccn2)cc1. The summed E-state index contributed by atoms with van der Waals surface area (Å²) < 4.78 is 2.87. The molecular formula is C19H18BrN3OS. The first-order chi connectivity index (χ1) is 12.2. The van der Waals surface area contributed by atoms with Gasteiger partial charge in [-0.25, -0.2) is 4.68 Å². The number of aromatic nitrogens is 2. The van der Waals surface area contributed by atoms with E-state index in [9.17, 15) is 4.79 Å². The minimum absolute atomic E-state index is 0.0566. The second-order valence-corrected chi connectivity index (χ2v) is 7.42. The highest BCUT2D eigenvalue weighted by molar-refractivity contribution is 9.10. The topological polar surface area (TPSA) is 46.9 Å². The van der Waals surface area contributed by atoms with Crippen molar-refractivity contribution < 1.29 is 4.79 Å². The van der Waals surface area contributed by atoms with E-state index in [1.165, 1.54) is 5.56 Å². The maximum absolute atomic E-state index is 11.9. The van der Waals surface area contributed by atoms with Gasteiger partial charge in [-0.15, -0.1) is 11.8 Å². The molecule has 3 rings (SSSR count). The molecule has 0 aliphatic rings. The zero-order valence-electron chi connectivity index (χ0n) is 13.6. The molecule has 3 aromatic rings. The van der Waals surface area contributed by atoms with Gasteiger partial charge in [-0.1, -0.05) is 28.1 Å².